The smallest absolute Gasteiger partial charge is 0.127 e. The lowest BCUT2D eigenvalue weighted by Gasteiger charge is -2.23. The van der Waals surface area contributed by atoms with Crippen molar-refractivity contribution in [2.24, 2.45) is 5.73 Å². The fraction of sp³-hybridized carbons (Fsp3) is 0.533. The van der Waals surface area contributed by atoms with Crippen LogP contribution in [0, 0.1) is 0 Å². The first kappa shape index (κ1) is 14.3. The number of thiocarbonyl (C=S) groups is 1. The summed E-state index contributed by atoms with van der Waals surface area (Å²) in [5.41, 5.74) is 8.24. The highest BCUT2D eigenvalue weighted by atomic mass is 79.9. The van der Waals surface area contributed by atoms with Gasteiger partial charge in [0, 0.05) is 42.0 Å². The Kier molecular flexibility index (Phi) is 4.29. The summed E-state index contributed by atoms with van der Waals surface area (Å²) in [6.07, 6.45) is 4.38. The van der Waals surface area contributed by atoms with Gasteiger partial charge in [-0.25, -0.2) is 0 Å². The van der Waals surface area contributed by atoms with Crippen LogP contribution in [-0.4, -0.2) is 29.1 Å². The Morgan fingerprint density at radius 1 is 1.45 bits per heavy atom. The van der Waals surface area contributed by atoms with Crippen LogP contribution in [0.1, 0.15) is 30.4 Å². The Balaban J connectivity index is 1.76. The van der Waals surface area contributed by atoms with Crippen LogP contribution in [0.15, 0.2) is 16.6 Å². The van der Waals surface area contributed by atoms with Gasteiger partial charge >= 0.3 is 0 Å². The number of halogens is 1. The summed E-state index contributed by atoms with van der Waals surface area (Å²) in [6, 6.07) is 5.04. The van der Waals surface area contributed by atoms with Crippen molar-refractivity contribution in [1.82, 2.24) is 4.90 Å². The maximum Gasteiger partial charge on any atom is 0.127 e. The summed E-state index contributed by atoms with van der Waals surface area (Å²) in [7, 11) is 0. The van der Waals surface area contributed by atoms with E-state index in [1.165, 1.54) is 24.0 Å². The molecule has 0 amide bonds. The molecule has 1 aliphatic heterocycles. The van der Waals surface area contributed by atoms with Gasteiger partial charge in [0.15, 0.2) is 0 Å². The van der Waals surface area contributed by atoms with Crippen molar-refractivity contribution in [3.05, 3.63) is 27.7 Å². The molecule has 1 fully saturated rings. The van der Waals surface area contributed by atoms with E-state index in [1.807, 2.05) is 0 Å². The van der Waals surface area contributed by atoms with Gasteiger partial charge in [-0.2, -0.15) is 0 Å². The predicted molar refractivity (Wildman–Crippen MR) is 88.2 cm³/mol. The molecule has 1 aliphatic carbocycles. The first-order valence-corrected chi connectivity index (χ1v) is 8.30. The summed E-state index contributed by atoms with van der Waals surface area (Å²) >= 11 is 8.61. The summed E-state index contributed by atoms with van der Waals surface area (Å²) in [4.78, 5) is 3.09. The number of fused-ring (bicyclic) bond motifs is 1. The van der Waals surface area contributed by atoms with Gasteiger partial charge in [0.2, 0.25) is 0 Å². The topological polar surface area (TPSA) is 38.5 Å². The summed E-state index contributed by atoms with van der Waals surface area (Å²) in [5, 5.41) is 0. The minimum Gasteiger partial charge on any atom is -0.493 e. The molecule has 0 spiro atoms. The third kappa shape index (κ3) is 3.32. The van der Waals surface area contributed by atoms with Crippen LogP contribution >= 0.6 is 28.1 Å². The highest BCUT2D eigenvalue weighted by molar-refractivity contribution is 9.10. The first-order valence-electron chi connectivity index (χ1n) is 7.10. The molecule has 20 heavy (non-hydrogen) atoms. The van der Waals surface area contributed by atoms with Crippen molar-refractivity contribution in [2.45, 2.75) is 38.3 Å². The number of rotatable bonds is 6. The zero-order chi connectivity index (χ0) is 14.1. The number of hydrogen-bond acceptors (Lipinski definition) is 3. The highest BCUT2D eigenvalue weighted by Gasteiger charge is 2.30. The number of hydrogen-bond donors (Lipinski definition) is 1. The number of ether oxygens (including phenoxy) is 1. The molecule has 0 saturated heterocycles. The molecular formula is C15H19BrN2OS. The van der Waals surface area contributed by atoms with Gasteiger partial charge in [-0.05, 0) is 30.5 Å². The van der Waals surface area contributed by atoms with Crippen molar-refractivity contribution in [2.75, 3.05) is 13.2 Å². The van der Waals surface area contributed by atoms with E-state index in [2.05, 4.69) is 33.0 Å². The van der Waals surface area contributed by atoms with Crippen molar-refractivity contribution in [3.63, 3.8) is 0 Å². The number of nitrogens with two attached hydrogens (primary N) is 1. The molecule has 0 radical (unpaired) electrons. The normalized spacial score (nSPS) is 17.1. The highest BCUT2D eigenvalue weighted by Crippen LogP contribution is 2.36. The van der Waals surface area contributed by atoms with Gasteiger partial charge < -0.3 is 10.5 Å². The van der Waals surface area contributed by atoms with Crippen molar-refractivity contribution in [3.8, 4) is 5.75 Å². The van der Waals surface area contributed by atoms with E-state index in [0.717, 1.165) is 42.8 Å². The van der Waals surface area contributed by atoms with E-state index in [0.29, 0.717) is 11.0 Å². The number of nitrogens with zero attached hydrogens (tertiary/aromatic N) is 1. The van der Waals surface area contributed by atoms with Crippen LogP contribution < -0.4 is 10.5 Å². The minimum atomic E-state index is 0.603. The van der Waals surface area contributed by atoms with Crippen LogP contribution in [0.25, 0.3) is 0 Å². The Morgan fingerprint density at radius 2 is 2.25 bits per heavy atom. The van der Waals surface area contributed by atoms with Crippen LogP contribution in [0.5, 0.6) is 5.75 Å². The van der Waals surface area contributed by atoms with Gasteiger partial charge in [-0.1, -0.05) is 28.1 Å². The molecular weight excluding hydrogens is 336 g/mol. The molecule has 0 atom stereocenters. The monoisotopic (exact) mass is 354 g/mol. The van der Waals surface area contributed by atoms with Crippen LogP contribution in [0.3, 0.4) is 0 Å². The molecule has 0 bridgehead atoms. The van der Waals surface area contributed by atoms with Crippen molar-refractivity contribution >= 4 is 33.1 Å². The Morgan fingerprint density at radius 3 is 2.95 bits per heavy atom. The Hall–Kier alpha value is -0.650. The Labute approximate surface area is 133 Å². The van der Waals surface area contributed by atoms with E-state index in [9.17, 15) is 0 Å². The average molecular weight is 355 g/mol. The standard InChI is InChI=1S/C15H19BrN2OS/c16-12-7-10-4-6-19-15(10)11(8-12)9-18(13-1-2-13)5-3-14(17)20/h7-8,13H,1-6,9H2,(H2,17,20). The molecule has 3 rings (SSSR count). The zero-order valence-electron chi connectivity index (χ0n) is 11.4. The molecule has 0 unspecified atom stereocenters. The summed E-state index contributed by atoms with van der Waals surface area (Å²) in [6.45, 7) is 2.67. The number of benzene rings is 1. The van der Waals surface area contributed by atoms with Gasteiger partial charge in [-0.15, -0.1) is 0 Å². The van der Waals surface area contributed by atoms with Gasteiger partial charge in [0.05, 0.1) is 11.6 Å². The first-order chi connectivity index (χ1) is 9.63. The third-order valence-corrected chi connectivity index (χ3v) is 4.57. The maximum absolute atomic E-state index is 5.81. The van der Waals surface area contributed by atoms with E-state index >= 15 is 0 Å². The van der Waals surface area contributed by atoms with E-state index in [-0.39, 0.29) is 0 Å². The summed E-state index contributed by atoms with van der Waals surface area (Å²) in [5.74, 6) is 1.09. The molecule has 5 heteroatoms. The average Bonchev–Trinajstić information content (AvgIpc) is 3.12. The second kappa shape index (κ2) is 6.00. The molecule has 3 nitrogen and oxygen atoms in total. The third-order valence-electron chi connectivity index (χ3n) is 3.91. The lowest BCUT2D eigenvalue weighted by molar-refractivity contribution is 0.256. The quantitative estimate of drug-likeness (QED) is 0.797. The van der Waals surface area contributed by atoms with E-state index in [4.69, 9.17) is 22.7 Å². The molecule has 1 saturated carbocycles. The van der Waals surface area contributed by atoms with Crippen molar-refractivity contribution in [1.29, 1.82) is 0 Å². The second-order valence-electron chi connectivity index (χ2n) is 5.57. The molecule has 0 aromatic heterocycles. The maximum atomic E-state index is 5.81. The summed E-state index contributed by atoms with van der Waals surface area (Å²) < 4.78 is 6.95. The molecule has 2 aliphatic rings. The van der Waals surface area contributed by atoms with Crippen LogP contribution in [-0.2, 0) is 13.0 Å². The largest absolute Gasteiger partial charge is 0.493 e. The predicted octanol–water partition coefficient (Wildman–Crippen LogP) is 3.02. The molecule has 108 valence electrons. The fourth-order valence-electron chi connectivity index (χ4n) is 2.77. The lowest BCUT2D eigenvalue weighted by Crippen LogP contribution is -2.29. The van der Waals surface area contributed by atoms with Crippen LogP contribution in [0.4, 0.5) is 0 Å². The SMILES string of the molecule is NC(=S)CCN(Cc1cc(Br)cc2c1OCC2)C1CC1. The Bertz CT molecular complexity index is 531. The molecule has 1 aromatic carbocycles. The van der Waals surface area contributed by atoms with Gasteiger partial charge in [0.1, 0.15) is 5.75 Å². The van der Waals surface area contributed by atoms with E-state index < -0.39 is 0 Å². The molecule has 1 aromatic rings. The van der Waals surface area contributed by atoms with Crippen molar-refractivity contribution < 1.29 is 4.74 Å². The lowest BCUT2D eigenvalue weighted by atomic mass is 10.1. The molecule has 1 heterocycles. The fourth-order valence-corrected chi connectivity index (χ4v) is 3.41. The zero-order valence-corrected chi connectivity index (χ0v) is 13.8. The van der Waals surface area contributed by atoms with E-state index in [1.54, 1.807) is 0 Å². The van der Waals surface area contributed by atoms with Gasteiger partial charge in [-0.3, -0.25) is 4.90 Å². The van der Waals surface area contributed by atoms with Crippen LogP contribution in [0.2, 0.25) is 0 Å². The minimum absolute atomic E-state index is 0.603. The second-order valence-corrected chi connectivity index (χ2v) is 7.01. The van der Waals surface area contributed by atoms with Gasteiger partial charge in [0.25, 0.3) is 0 Å². The molecule has 2 N–H and O–H groups in total.